The van der Waals surface area contributed by atoms with E-state index < -0.39 is 19.4 Å². The molecule has 8 nitrogen and oxygen atoms in total. The Morgan fingerprint density at radius 2 is 1.12 bits per heavy atom. The Bertz CT molecular complexity index is 354. The molecule has 13 heteroatoms. The maximum absolute atomic E-state index is 10.2. The van der Waals surface area contributed by atoms with Crippen LogP contribution < -0.4 is 29.6 Å². The van der Waals surface area contributed by atoms with Gasteiger partial charge in [0.25, 0.3) is 0 Å². The van der Waals surface area contributed by atoms with Gasteiger partial charge in [-0.25, -0.2) is 4.18 Å². The molecule has 0 saturated carbocycles. The summed E-state index contributed by atoms with van der Waals surface area (Å²) in [6.07, 6.45) is 11.9. The standard InChI is InChI=1S/C12H26O4S.Al.Mg.Na.H4O4Si.6H/c1-2-3-4-5-6-7-8-9-10-11-12-16-17(13,14)15;;;;1-5(2,3)4;;;;;;/h2-12H2,1H3,(H,13,14,15);;;;1-4H;;;;;;/q;;+2;+1;;;;;3*-1. The molecule has 0 rings (SSSR count). The summed E-state index contributed by atoms with van der Waals surface area (Å²) in [5.41, 5.74) is 0. The summed E-state index contributed by atoms with van der Waals surface area (Å²) in [6, 6.07) is 0. The summed E-state index contributed by atoms with van der Waals surface area (Å²) < 4.78 is 33.0. The van der Waals surface area contributed by atoms with E-state index in [1.807, 2.05) is 0 Å². The molecular formula is C12H36AlMgNaO8SSi. The number of unbranched alkanes of at least 4 members (excludes halogenated alkanes) is 9. The first-order valence-corrected chi connectivity index (χ1v) is 10.7. The molecule has 0 saturated heterocycles. The van der Waals surface area contributed by atoms with Gasteiger partial charge in [-0.3, -0.25) is 4.55 Å². The van der Waals surface area contributed by atoms with Crippen LogP contribution >= 0.6 is 0 Å². The van der Waals surface area contributed by atoms with Gasteiger partial charge in [0.2, 0.25) is 0 Å². The Morgan fingerprint density at radius 3 is 1.40 bits per heavy atom. The molecule has 0 heterocycles. The molecular weight excluding hydrogens is 407 g/mol. The van der Waals surface area contributed by atoms with Crippen LogP contribution in [0.25, 0.3) is 0 Å². The molecule has 0 aromatic heterocycles. The predicted octanol–water partition coefficient (Wildman–Crippen LogP) is -3.11. The Balaban J connectivity index is -0.0000000543. The monoisotopic (exact) mass is 442 g/mol. The van der Waals surface area contributed by atoms with Crippen LogP contribution in [0, 0.1) is 0 Å². The summed E-state index contributed by atoms with van der Waals surface area (Å²) in [7, 11) is -8.85. The van der Waals surface area contributed by atoms with Crippen molar-refractivity contribution in [2.24, 2.45) is 0 Å². The van der Waals surface area contributed by atoms with Gasteiger partial charge in [0.15, 0.2) is 17.4 Å². The minimum Gasteiger partial charge on any atom is -1.00 e. The Labute approximate surface area is 206 Å². The molecule has 0 fully saturated rings. The number of hydrogen-bond donors (Lipinski definition) is 5. The van der Waals surface area contributed by atoms with Crippen molar-refractivity contribution in [3.63, 3.8) is 0 Å². The topological polar surface area (TPSA) is 145 Å². The fraction of sp³-hybridized carbons (Fsp3) is 1.00. The quantitative estimate of drug-likeness (QED) is 0.121. The molecule has 0 atom stereocenters. The average molecular weight is 443 g/mol. The maximum atomic E-state index is 10.2. The largest absolute Gasteiger partial charge is 2.00 e. The normalized spacial score (nSPS) is 10.5. The van der Waals surface area contributed by atoms with Crippen LogP contribution in [-0.4, -0.2) is 88.2 Å². The molecule has 0 aliphatic heterocycles. The van der Waals surface area contributed by atoms with Gasteiger partial charge in [-0.2, -0.15) is 8.42 Å². The van der Waals surface area contributed by atoms with Gasteiger partial charge in [0.05, 0.1) is 6.61 Å². The van der Waals surface area contributed by atoms with Crippen LogP contribution in [0.5, 0.6) is 0 Å². The fourth-order valence-corrected chi connectivity index (χ4v) is 2.08. The van der Waals surface area contributed by atoms with E-state index in [9.17, 15) is 8.42 Å². The van der Waals surface area contributed by atoms with E-state index in [0.717, 1.165) is 12.8 Å². The van der Waals surface area contributed by atoms with E-state index in [0.29, 0.717) is 6.42 Å². The second-order valence-electron chi connectivity index (χ2n) is 5.03. The molecule has 0 unspecified atom stereocenters. The van der Waals surface area contributed by atoms with E-state index in [4.69, 9.17) is 23.7 Å². The molecule has 5 N–H and O–H groups in total. The third kappa shape index (κ3) is 58.5. The minimum absolute atomic E-state index is 0. The third-order valence-electron chi connectivity index (χ3n) is 2.73. The molecule has 0 aromatic carbocycles. The zero-order valence-corrected chi connectivity index (χ0v) is 20.1. The van der Waals surface area contributed by atoms with Crippen molar-refractivity contribution >= 4 is 59.9 Å². The molecule has 148 valence electrons. The van der Waals surface area contributed by atoms with Crippen LogP contribution in [0.15, 0.2) is 0 Å². The van der Waals surface area contributed by atoms with E-state index in [-0.39, 0.29) is 80.9 Å². The SMILES string of the molecule is CCCCCCCCCCCCOS(=O)(=O)O.O[Si](O)(O)O.[AlH3].[H-].[H-].[H-].[Mg+2].[Na+]. The van der Waals surface area contributed by atoms with Gasteiger partial charge in [-0.15, -0.1) is 0 Å². The van der Waals surface area contributed by atoms with Crippen molar-refractivity contribution in [2.75, 3.05) is 6.61 Å². The molecule has 0 aliphatic carbocycles. The molecule has 0 bridgehead atoms. The molecule has 0 aromatic rings. The second-order valence-corrected chi connectivity index (χ2v) is 7.32. The molecule has 0 amide bonds. The van der Waals surface area contributed by atoms with Crippen LogP contribution in [0.2, 0.25) is 0 Å². The summed E-state index contributed by atoms with van der Waals surface area (Å²) in [5.74, 6) is 0. The minimum atomic E-state index is -4.61. The van der Waals surface area contributed by atoms with Gasteiger partial charge in [0.1, 0.15) is 0 Å². The first-order valence-electron chi connectivity index (χ1n) is 7.57. The molecule has 0 aliphatic rings. The van der Waals surface area contributed by atoms with Crippen molar-refractivity contribution in [2.45, 2.75) is 71.1 Å². The first kappa shape index (κ1) is 37.9. The van der Waals surface area contributed by atoms with Gasteiger partial charge in [0, 0.05) is 0 Å². The maximum Gasteiger partial charge on any atom is 2.00 e. The van der Waals surface area contributed by atoms with Crippen LogP contribution in [0.4, 0.5) is 0 Å². The molecule has 25 heavy (non-hydrogen) atoms. The average Bonchev–Trinajstić information content (AvgIpc) is 2.32. The fourth-order valence-electron chi connectivity index (χ4n) is 1.75. The first-order chi connectivity index (χ1) is 10.1. The predicted molar refractivity (Wildman–Crippen MR) is 103 cm³/mol. The Hall–Kier alpha value is 2.23. The van der Waals surface area contributed by atoms with Gasteiger partial charge in [-0.1, -0.05) is 64.7 Å². The van der Waals surface area contributed by atoms with Crippen molar-refractivity contribution in [3.8, 4) is 0 Å². The van der Waals surface area contributed by atoms with Crippen LogP contribution in [0.1, 0.15) is 75.4 Å². The van der Waals surface area contributed by atoms with Crippen molar-refractivity contribution in [3.05, 3.63) is 0 Å². The smallest absolute Gasteiger partial charge is 1.00 e. The summed E-state index contributed by atoms with van der Waals surface area (Å²) in [6.45, 7) is 2.31. The van der Waals surface area contributed by atoms with E-state index in [2.05, 4.69) is 11.1 Å². The molecule has 0 radical (unpaired) electrons. The Morgan fingerprint density at radius 1 is 0.840 bits per heavy atom. The van der Waals surface area contributed by atoms with Gasteiger partial charge < -0.3 is 23.5 Å². The second kappa shape index (κ2) is 24.3. The van der Waals surface area contributed by atoms with E-state index >= 15 is 0 Å². The zero-order chi connectivity index (χ0) is 17.5. The van der Waals surface area contributed by atoms with Gasteiger partial charge >= 0.3 is 72.1 Å². The van der Waals surface area contributed by atoms with E-state index in [1.165, 1.54) is 44.9 Å². The van der Waals surface area contributed by atoms with Crippen LogP contribution in [-0.2, 0) is 14.6 Å². The summed E-state index contributed by atoms with van der Waals surface area (Å²) >= 11 is 0. The zero-order valence-electron chi connectivity index (χ0n) is 17.9. The van der Waals surface area contributed by atoms with E-state index in [1.54, 1.807) is 0 Å². The number of hydrogen-bond acceptors (Lipinski definition) is 7. The van der Waals surface area contributed by atoms with Crippen molar-refractivity contribution in [1.29, 1.82) is 0 Å². The van der Waals surface area contributed by atoms with Crippen LogP contribution in [0.3, 0.4) is 0 Å². The van der Waals surface area contributed by atoms with Gasteiger partial charge in [-0.05, 0) is 6.42 Å². The van der Waals surface area contributed by atoms with Crippen molar-refractivity contribution < 1.29 is 70.2 Å². The summed E-state index contributed by atoms with van der Waals surface area (Å²) in [4.78, 5) is 29.3. The third-order valence-corrected chi connectivity index (χ3v) is 3.19. The molecule has 0 spiro atoms. The number of rotatable bonds is 12. The van der Waals surface area contributed by atoms with Crippen molar-refractivity contribution in [1.82, 2.24) is 0 Å². The summed E-state index contributed by atoms with van der Waals surface area (Å²) in [5, 5.41) is 0. The Kier molecular flexibility index (Phi) is 36.8.